The molecule has 1 aromatic rings. The van der Waals surface area contributed by atoms with Crippen molar-refractivity contribution in [1.82, 2.24) is 10.2 Å². The predicted molar refractivity (Wildman–Crippen MR) is 105 cm³/mol. The van der Waals surface area contributed by atoms with Crippen molar-refractivity contribution < 1.29 is 14.3 Å². The monoisotopic (exact) mass is 372 g/mol. The van der Waals surface area contributed by atoms with Crippen LogP contribution in [0.15, 0.2) is 35.3 Å². The van der Waals surface area contributed by atoms with Gasteiger partial charge in [-0.15, -0.1) is 0 Å². The number of hydrogen-bond donors (Lipinski definition) is 2. The molecule has 2 aliphatic heterocycles. The molecule has 0 aromatic heterocycles. The second-order valence-corrected chi connectivity index (χ2v) is 7.40. The first-order valence-corrected chi connectivity index (χ1v) is 9.64. The van der Waals surface area contributed by atoms with Crippen LogP contribution >= 0.6 is 0 Å². The maximum Gasteiger partial charge on any atom is 0.319 e. The van der Waals surface area contributed by atoms with Gasteiger partial charge in [-0.05, 0) is 30.9 Å². The minimum absolute atomic E-state index is 0.0741. The number of nitrogens with one attached hydrogen (secondary N) is 2. The molecule has 7 heteroatoms. The number of anilines is 1. The first kappa shape index (κ1) is 19.2. The summed E-state index contributed by atoms with van der Waals surface area (Å²) in [5, 5.41) is 5.58. The van der Waals surface area contributed by atoms with Crippen LogP contribution in [0.25, 0.3) is 0 Å². The fourth-order valence-electron chi connectivity index (χ4n) is 3.27. The van der Waals surface area contributed by atoms with Gasteiger partial charge in [-0.1, -0.05) is 32.0 Å². The van der Waals surface area contributed by atoms with E-state index in [0.717, 1.165) is 25.9 Å². The molecular formula is C20H28N4O3. The molecule has 2 atom stereocenters. The third-order valence-electron chi connectivity index (χ3n) is 4.93. The molecule has 0 radical (unpaired) electrons. The summed E-state index contributed by atoms with van der Waals surface area (Å²) in [4.78, 5) is 31.7. The van der Waals surface area contributed by atoms with Gasteiger partial charge in [-0.25, -0.2) is 9.79 Å². The standard InChI is InChI=1S/C20H28N4O3/c1-14(2)17-13-27-18(22-17)12-16(19(25)24-10-6-7-11-24)23-20(26)21-15-8-4-3-5-9-15/h3-5,8-9,14,16-17H,6-7,10-13H2,1-2H3,(H2,21,23,26)/t16-,17+/m0/s1. The average molecular weight is 372 g/mol. The molecule has 2 aliphatic rings. The van der Waals surface area contributed by atoms with Crippen molar-refractivity contribution in [3.63, 3.8) is 0 Å². The van der Waals surface area contributed by atoms with E-state index in [1.54, 1.807) is 12.1 Å². The molecule has 0 bridgehead atoms. The molecule has 0 spiro atoms. The highest BCUT2D eigenvalue weighted by Gasteiger charge is 2.32. The van der Waals surface area contributed by atoms with Gasteiger partial charge in [0.2, 0.25) is 5.91 Å². The Morgan fingerprint density at radius 3 is 2.56 bits per heavy atom. The Bertz CT molecular complexity index is 684. The summed E-state index contributed by atoms with van der Waals surface area (Å²) in [7, 11) is 0. The van der Waals surface area contributed by atoms with Gasteiger partial charge < -0.3 is 20.3 Å². The summed E-state index contributed by atoms with van der Waals surface area (Å²) < 4.78 is 5.68. The SMILES string of the molecule is CC(C)[C@H]1COC(C[C@H](NC(=O)Nc2ccccc2)C(=O)N2CCCC2)=N1. The van der Waals surface area contributed by atoms with Crippen molar-refractivity contribution in [3.05, 3.63) is 30.3 Å². The molecule has 0 aliphatic carbocycles. The molecule has 0 saturated carbocycles. The van der Waals surface area contributed by atoms with Crippen LogP contribution in [0.4, 0.5) is 10.5 Å². The fraction of sp³-hybridized carbons (Fsp3) is 0.550. The van der Waals surface area contributed by atoms with Crippen molar-refractivity contribution in [2.45, 2.75) is 45.2 Å². The van der Waals surface area contributed by atoms with Gasteiger partial charge in [0, 0.05) is 18.8 Å². The van der Waals surface area contributed by atoms with Gasteiger partial charge in [0.1, 0.15) is 12.6 Å². The Kier molecular flexibility index (Phi) is 6.32. The number of likely N-dealkylation sites (tertiary alicyclic amines) is 1. The zero-order valence-corrected chi connectivity index (χ0v) is 16.0. The number of carbonyl (C=O) groups excluding carboxylic acids is 2. The van der Waals surface area contributed by atoms with Crippen LogP contribution in [0.5, 0.6) is 0 Å². The van der Waals surface area contributed by atoms with Crippen molar-refractivity contribution in [2.75, 3.05) is 25.0 Å². The summed E-state index contributed by atoms with van der Waals surface area (Å²) in [5.41, 5.74) is 0.678. The van der Waals surface area contributed by atoms with E-state index < -0.39 is 12.1 Å². The Labute approximate surface area is 160 Å². The lowest BCUT2D eigenvalue weighted by molar-refractivity contribution is -0.132. The van der Waals surface area contributed by atoms with E-state index in [-0.39, 0.29) is 18.4 Å². The number of carbonyl (C=O) groups is 2. The van der Waals surface area contributed by atoms with Gasteiger partial charge in [0.25, 0.3) is 0 Å². The first-order valence-electron chi connectivity index (χ1n) is 9.64. The topological polar surface area (TPSA) is 83.0 Å². The zero-order chi connectivity index (χ0) is 19.2. The molecule has 7 nitrogen and oxygen atoms in total. The molecule has 3 rings (SSSR count). The third kappa shape index (κ3) is 5.21. The molecule has 1 saturated heterocycles. The molecule has 1 fully saturated rings. The number of rotatable bonds is 6. The van der Waals surface area contributed by atoms with E-state index in [4.69, 9.17) is 4.74 Å². The summed E-state index contributed by atoms with van der Waals surface area (Å²) in [5.74, 6) is 0.853. The molecule has 3 amide bonds. The number of para-hydroxylation sites is 1. The van der Waals surface area contributed by atoms with E-state index >= 15 is 0 Å². The van der Waals surface area contributed by atoms with E-state index in [1.165, 1.54) is 0 Å². The number of nitrogens with zero attached hydrogens (tertiary/aromatic N) is 2. The van der Waals surface area contributed by atoms with Crippen LogP contribution in [0.3, 0.4) is 0 Å². The van der Waals surface area contributed by atoms with Crippen molar-refractivity contribution in [2.24, 2.45) is 10.9 Å². The van der Waals surface area contributed by atoms with Crippen molar-refractivity contribution in [3.8, 4) is 0 Å². The minimum Gasteiger partial charge on any atom is -0.479 e. The number of hydrogen-bond acceptors (Lipinski definition) is 4. The Morgan fingerprint density at radius 1 is 1.22 bits per heavy atom. The lowest BCUT2D eigenvalue weighted by Crippen LogP contribution is -2.50. The van der Waals surface area contributed by atoms with Crippen LogP contribution < -0.4 is 10.6 Å². The number of benzene rings is 1. The second kappa shape index (κ2) is 8.88. The van der Waals surface area contributed by atoms with E-state index in [1.807, 2.05) is 23.1 Å². The maximum atomic E-state index is 12.9. The molecule has 2 heterocycles. The number of amides is 3. The zero-order valence-electron chi connectivity index (χ0n) is 16.0. The Morgan fingerprint density at radius 2 is 1.93 bits per heavy atom. The molecule has 27 heavy (non-hydrogen) atoms. The van der Waals surface area contributed by atoms with Gasteiger partial charge in [-0.2, -0.15) is 0 Å². The Hall–Kier alpha value is -2.57. The largest absolute Gasteiger partial charge is 0.479 e. The smallest absolute Gasteiger partial charge is 0.319 e. The van der Waals surface area contributed by atoms with Gasteiger partial charge in [0.15, 0.2) is 5.90 Å². The van der Waals surface area contributed by atoms with Crippen molar-refractivity contribution >= 4 is 23.5 Å². The normalized spacial score (nSPS) is 20.2. The van der Waals surface area contributed by atoms with Crippen LogP contribution in [-0.2, 0) is 9.53 Å². The summed E-state index contributed by atoms with van der Waals surface area (Å²) in [6.45, 7) is 6.20. The molecule has 1 aromatic carbocycles. The molecular weight excluding hydrogens is 344 g/mol. The van der Waals surface area contributed by atoms with E-state index in [0.29, 0.717) is 24.1 Å². The summed E-state index contributed by atoms with van der Waals surface area (Å²) >= 11 is 0. The minimum atomic E-state index is -0.684. The van der Waals surface area contributed by atoms with E-state index in [9.17, 15) is 9.59 Å². The van der Waals surface area contributed by atoms with Gasteiger partial charge in [0.05, 0.1) is 12.5 Å². The second-order valence-electron chi connectivity index (χ2n) is 7.40. The van der Waals surface area contributed by atoms with Crippen LogP contribution in [0, 0.1) is 5.92 Å². The van der Waals surface area contributed by atoms with Gasteiger partial charge in [-0.3, -0.25) is 4.79 Å². The lowest BCUT2D eigenvalue weighted by Gasteiger charge is -2.24. The third-order valence-corrected chi connectivity index (χ3v) is 4.93. The average Bonchev–Trinajstić information content (AvgIpc) is 3.33. The maximum absolute atomic E-state index is 12.9. The Balaban J connectivity index is 1.66. The van der Waals surface area contributed by atoms with Crippen LogP contribution in [-0.4, -0.2) is 54.5 Å². The number of aliphatic imine (C=N–C) groups is 1. The summed E-state index contributed by atoms with van der Waals surface area (Å²) in [6.07, 6.45) is 2.28. The van der Waals surface area contributed by atoms with Crippen LogP contribution in [0.2, 0.25) is 0 Å². The number of urea groups is 1. The van der Waals surface area contributed by atoms with Crippen LogP contribution in [0.1, 0.15) is 33.1 Å². The van der Waals surface area contributed by atoms with E-state index in [2.05, 4.69) is 29.5 Å². The highest BCUT2D eigenvalue weighted by Crippen LogP contribution is 2.18. The highest BCUT2D eigenvalue weighted by atomic mass is 16.5. The number of ether oxygens (including phenoxy) is 1. The highest BCUT2D eigenvalue weighted by molar-refractivity contribution is 5.96. The molecule has 2 N–H and O–H groups in total. The van der Waals surface area contributed by atoms with Crippen molar-refractivity contribution in [1.29, 1.82) is 0 Å². The lowest BCUT2D eigenvalue weighted by atomic mass is 10.1. The quantitative estimate of drug-likeness (QED) is 0.805. The molecule has 0 unspecified atom stereocenters. The fourth-order valence-corrected chi connectivity index (χ4v) is 3.27. The molecule has 146 valence electrons. The summed E-state index contributed by atoms with van der Waals surface area (Å²) in [6, 6.07) is 8.19. The first-order chi connectivity index (χ1) is 13.0. The van der Waals surface area contributed by atoms with Gasteiger partial charge >= 0.3 is 6.03 Å². The predicted octanol–water partition coefficient (Wildman–Crippen LogP) is 2.64.